The number of carbonyl (C=O) groups is 1. The van der Waals surface area contributed by atoms with E-state index < -0.39 is 0 Å². The lowest BCUT2D eigenvalue weighted by atomic mass is 10.2. The lowest BCUT2D eigenvalue weighted by Crippen LogP contribution is -2.27. The summed E-state index contributed by atoms with van der Waals surface area (Å²) in [5.74, 6) is 0. The van der Waals surface area contributed by atoms with Crippen LogP contribution in [0.5, 0.6) is 0 Å². The minimum Gasteiger partial charge on any atom is -0.443 e. The van der Waals surface area contributed by atoms with Crippen molar-refractivity contribution in [2.24, 2.45) is 5.73 Å². The van der Waals surface area contributed by atoms with Crippen LogP contribution in [0.2, 0.25) is 0 Å². The van der Waals surface area contributed by atoms with Crippen molar-refractivity contribution in [3.05, 3.63) is 35.7 Å². The van der Waals surface area contributed by atoms with E-state index >= 15 is 0 Å². The third kappa shape index (κ3) is 1.83. The van der Waals surface area contributed by atoms with Gasteiger partial charge in [-0.3, -0.25) is 4.90 Å². The summed E-state index contributed by atoms with van der Waals surface area (Å²) < 4.78 is 5.04. The Morgan fingerprint density at radius 2 is 2.19 bits per heavy atom. The van der Waals surface area contributed by atoms with Crippen molar-refractivity contribution in [3.8, 4) is 0 Å². The second kappa shape index (κ2) is 4.21. The van der Waals surface area contributed by atoms with Gasteiger partial charge in [-0.15, -0.1) is 0 Å². The number of anilines is 1. The smallest absolute Gasteiger partial charge is 0.414 e. The molecule has 1 heterocycles. The van der Waals surface area contributed by atoms with Crippen LogP contribution in [0.4, 0.5) is 16.2 Å². The zero-order valence-electron chi connectivity index (χ0n) is 8.59. The Balaban J connectivity index is 2.19. The van der Waals surface area contributed by atoms with Crippen LogP contribution in [-0.4, -0.2) is 25.3 Å². The average Bonchev–Trinajstić information content (AvgIpc) is 2.71. The number of amides is 1. The average molecular weight is 217 g/mol. The highest BCUT2D eigenvalue weighted by Gasteiger charge is 2.31. The quantitative estimate of drug-likeness (QED) is 0.764. The largest absolute Gasteiger partial charge is 0.443 e. The molecule has 2 N–H and O–H groups in total. The van der Waals surface area contributed by atoms with Crippen LogP contribution in [0.25, 0.3) is 4.85 Å². The second-order valence-corrected chi connectivity index (χ2v) is 3.48. The lowest BCUT2D eigenvalue weighted by molar-refractivity contribution is 0.145. The van der Waals surface area contributed by atoms with E-state index in [4.69, 9.17) is 17.0 Å². The van der Waals surface area contributed by atoms with Gasteiger partial charge in [-0.25, -0.2) is 9.64 Å². The van der Waals surface area contributed by atoms with Crippen LogP contribution < -0.4 is 10.6 Å². The highest BCUT2D eigenvalue weighted by Crippen LogP contribution is 2.23. The van der Waals surface area contributed by atoms with Gasteiger partial charge in [0.1, 0.15) is 6.10 Å². The third-order valence-electron chi connectivity index (χ3n) is 2.43. The first-order chi connectivity index (χ1) is 7.74. The van der Waals surface area contributed by atoms with Crippen molar-refractivity contribution in [3.63, 3.8) is 0 Å². The van der Waals surface area contributed by atoms with Crippen LogP contribution in [0.15, 0.2) is 24.3 Å². The number of carbonyl (C=O) groups excluding carboxylic acids is 1. The number of ether oxygens (including phenoxy) is 1. The molecule has 0 unspecified atom stereocenters. The predicted octanol–water partition coefficient (Wildman–Crippen LogP) is 1.52. The van der Waals surface area contributed by atoms with Crippen LogP contribution in [-0.2, 0) is 4.74 Å². The Morgan fingerprint density at radius 1 is 1.50 bits per heavy atom. The Kier molecular flexibility index (Phi) is 2.75. The van der Waals surface area contributed by atoms with Crippen molar-refractivity contribution in [1.82, 2.24) is 0 Å². The number of hydrogen-bond donors (Lipinski definition) is 1. The van der Waals surface area contributed by atoms with Gasteiger partial charge in [-0.1, -0.05) is 12.1 Å². The first kappa shape index (κ1) is 10.5. The number of hydrogen-bond acceptors (Lipinski definition) is 3. The van der Waals surface area contributed by atoms with Crippen molar-refractivity contribution in [2.75, 3.05) is 18.0 Å². The molecular weight excluding hydrogens is 206 g/mol. The van der Waals surface area contributed by atoms with Crippen molar-refractivity contribution >= 4 is 17.5 Å². The van der Waals surface area contributed by atoms with Crippen LogP contribution in [0, 0.1) is 6.57 Å². The van der Waals surface area contributed by atoms with E-state index in [1.807, 2.05) is 0 Å². The summed E-state index contributed by atoms with van der Waals surface area (Å²) in [5, 5.41) is 0. The maximum atomic E-state index is 11.5. The molecule has 0 radical (unpaired) electrons. The van der Waals surface area contributed by atoms with Crippen LogP contribution in [0.1, 0.15) is 0 Å². The summed E-state index contributed by atoms with van der Waals surface area (Å²) in [6.45, 7) is 7.62. The Hall–Kier alpha value is -2.06. The lowest BCUT2D eigenvalue weighted by Gasteiger charge is -2.12. The van der Waals surface area contributed by atoms with Crippen molar-refractivity contribution < 1.29 is 9.53 Å². The van der Waals surface area contributed by atoms with Gasteiger partial charge in [0.2, 0.25) is 0 Å². The summed E-state index contributed by atoms with van der Waals surface area (Å²) in [6, 6.07) is 6.80. The molecule has 1 aromatic rings. The minimum atomic E-state index is -0.383. The molecule has 0 saturated carbocycles. The van der Waals surface area contributed by atoms with E-state index in [0.717, 1.165) is 5.69 Å². The molecular formula is C11H11N3O2. The summed E-state index contributed by atoms with van der Waals surface area (Å²) >= 11 is 0. The zero-order valence-corrected chi connectivity index (χ0v) is 8.59. The van der Waals surface area contributed by atoms with Gasteiger partial charge >= 0.3 is 6.09 Å². The van der Waals surface area contributed by atoms with Crippen LogP contribution >= 0.6 is 0 Å². The minimum absolute atomic E-state index is 0.243. The molecule has 1 aliphatic heterocycles. The van der Waals surface area contributed by atoms with E-state index in [-0.39, 0.29) is 12.2 Å². The molecule has 1 amide bonds. The highest BCUT2D eigenvalue weighted by molar-refractivity contribution is 5.90. The molecule has 1 aromatic carbocycles. The first-order valence-electron chi connectivity index (χ1n) is 4.90. The normalized spacial score (nSPS) is 19.4. The number of rotatable bonds is 2. The van der Waals surface area contributed by atoms with Gasteiger partial charge in [0.15, 0.2) is 5.69 Å². The molecule has 0 bridgehead atoms. The molecule has 1 aliphatic rings. The van der Waals surface area contributed by atoms with Crippen molar-refractivity contribution in [1.29, 1.82) is 0 Å². The number of benzene rings is 1. The topological polar surface area (TPSA) is 59.9 Å². The summed E-state index contributed by atoms with van der Waals surface area (Å²) in [6.07, 6.45) is -0.626. The fraction of sp³-hybridized carbons (Fsp3) is 0.273. The number of nitrogens with zero attached hydrogens (tertiary/aromatic N) is 2. The summed E-state index contributed by atoms with van der Waals surface area (Å²) in [5.41, 5.74) is 6.72. The van der Waals surface area contributed by atoms with E-state index in [1.54, 1.807) is 24.3 Å². The highest BCUT2D eigenvalue weighted by atomic mass is 16.6. The van der Waals surface area contributed by atoms with Gasteiger partial charge in [0, 0.05) is 12.2 Å². The standard InChI is InChI=1S/C11H11N3O2/c1-13-8-2-4-9(5-3-8)14-7-10(6-12)16-11(14)15/h2-5,10H,6-7,12H2/t10-/m0/s1. The fourth-order valence-corrected chi connectivity index (χ4v) is 1.56. The van der Waals surface area contributed by atoms with E-state index in [2.05, 4.69) is 4.85 Å². The molecule has 1 atom stereocenters. The van der Waals surface area contributed by atoms with Gasteiger partial charge in [-0.2, -0.15) is 0 Å². The maximum absolute atomic E-state index is 11.5. The first-order valence-corrected chi connectivity index (χ1v) is 4.90. The predicted molar refractivity (Wildman–Crippen MR) is 59.4 cm³/mol. The number of cyclic esters (lactones) is 1. The van der Waals surface area contributed by atoms with E-state index in [0.29, 0.717) is 18.8 Å². The zero-order chi connectivity index (χ0) is 11.5. The Labute approximate surface area is 93.2 Å². The molecule has 0 spiro atoms. The molecule has 2 rings (SSSR count). The molecule has 5 nitrogen and oxygen atoms in total. The van der Waals surface area contributed by atoms with Crippen LogP contribution in [0.3, 0.4) is 0 Å². The Morgan fingerprint density at radius 3 is 2.69 bits per heavy atom. The molecule has 1 fully saturated rings. The van der Waals surface area contributed by atoms with Gasteiger partial charge in [0.05, 0.1) is 13.1 Å². The molecule has 1 saturated heterocycles. The molecule has 16 heavy (non-hydrogen) atoms. The van der Waals surface area contributed by atoms with E-state index in [9.17, 15) is 4.79 Å². The molecule has 5 heteroatoms. The molecule has 0 aromatic heterocycles. The summed E-state index contributed by atoms with van der Waals surface area (Å²) in [4.78, 5) is 16.3. The molecule has 82 valence electrons. The number of nitrogens with two attached hydrogens (primary N) is 1. The van der Waals surface area contributed by atoms with Gasteiger partial charge in [-0.05, 0) is 12.1 Å². The monoisotopic (exact) mass is 217 g/mol. The maximum Gasteiger partial charge on any atom is 0.414 e. The SMILES string of the molecule is [C-]#[N+]c1ccc(N2C[C@H](CN)OC2=O)cc1. The van der Waals surface area contributed by atoms with Gasteiger partial charge < -0.3 is 10.5 Å². The second-order valence-electron chi connectivity index (χ2n) is 3.48. The Bertz CT molecular complexity index is 436. The third-order valence-corrected chi connectivity index (χ3v) is 2.43. The van der Waals surface area contributed by atoms with Crippen molar-refractivity contribution in [2.45, 2.75) is 6.10 Å². The van der Waals surface area contributed by atoms with E-state index in [1.165, 1.54) is 4.90 Å². The molecule has 0 aliphatic carbocycles. The summed E-state index contributed by atoms with van der Waals surface area (Å²) in [7, 11) is 0. The fourth-order valence-electron chi connectivity index (χ4n) is 1.56. The van der Waals surface area contributed by atoms with Gasteiger partial charge in [0.25, 0.3) is 0 Å².